The number of halogens is 1. The molecule has 3 N–H and O–H groups in total. The monoisotopic (exact) mass is 467 g/mol. The van der Waals surface area contributed by atoms with Crippen LogP contribution in [0.5, 0.6) is 0 Å². The minimum atomic E-state index is -0.306. The normalized spacial score (nSPS) is 10.1. The van der Waals surface area contributed by atoms with Crippen molar-refractivity contribution in [1.82, 2.24) is 5.32 Å². The zero-order valence-corrected chi connectivity index (χ0v) is 17.7. The third-order valence-corrected chi connectivity index (χ3v) is 4.88. The van der Waals surface area contributed by atoms with Crippen LogP contribution in [-0.4, -0.2) is 16.9 Å². The highest BCUT2D eigenvalue weighted by Gasteiger charge is 2.11. The van der Waals surface area contributed by atoms with Crippen LogP contribution in [0.25, 0.3) is 0 Å². The van der Waals surface area contributed by atoms with Crippen LogP contribution in [0.2, 0.25) is 0 Å². The van der Waals surface area contributed by atoms with Gasteiger partial charge in [0.1, 0.15) is 0 Å². The Kier molecular flexibility index (Phi) is 7.10. The van der Waals surface area contributed by atoms with Crippen molar-refractivity contribution in [3.63, 3.8) is 0 Å². The number of carbonyl (C=O) groups is 2. The van der Waals surface area contributed by atoms with E-state index in [1.807, 2.05) is 36.4 Å². The van der Waals surface area contributed by atoms with Gasteiger partial charge in [0.05, 0.1) is 12.0 Å². The zero-order chi connectivity index (χ0) is 20.6. The Morgan fingerprint density at radius 2 is 1.38 bits per heavy atom. The first kappa shape index (κ1) is 20.7. The molecule has 0 aromatic heterocycles. The van der Waals surface area contributed by atoms with E-state index in [4.69, 9.17) is 12.2 Å². The highest BCUT2D eigenvalue weighted by atomic mass is 79.9. The summed E-state index contributed by atoms with van der Waals surface area (Å²) >= 11 is 8.55. The maximum atomic E-state index is 12.3. The van der Waals surface area contributed by atoms with Crippen molar-refractivity contribution >= 4 is 56.4 Å². The van der Waals surface area contributed by atoms with E-state index in [9.17, 15) is 9.59 Å². The van der Waals surface area contributed by atoms with E-state index in [-0.39, 0.29) is 16.9 Å². The molecule has 3 aromatic rings. The van der Waals surface area contributed by atoms with E-state index in [0.717, 1.165) is 5.56 Å². The van der Waals surface area contributed by atoms with Crippen LogP contribution in [0.3, 0.4) is 0 Å². The molecule has 0 unspecified atom stereocenters. The van der Waals surface area contributed by atoms with Gasteiger partial charge in [0.2, 0.25) is 5.91 Å². The summed E-state index contributed by atoms with van der Waals surface area (Å²) in [6, 6.07) is 23.7. The molecular weight excluding hydrogens is 450 g/mol. The first-order valence-electron chi connectivity index (χ1n) is 8.82. The Labute approximate surface area is 182 Å². The third kappa shape index (κ3) is 6.23. The first-order valence-corrected chi connectivity index (χ1v) is 10.0. The number of amides is 2. The second-order valence-electron chi connectivity index (χ2n) is 6.18. The summed E-state index contributed by atoms with van der Waals surface area (Å²) in [5, 5.41) is 8.64. The summed E-state index contributed by atoms with van der Waals surface area (Å²) in [5.74, 6) is -0.395. The number of carbonyl (C=O) groups excluding carboxylic acids is 2. The van der Waals surface area contributed by atoms with Crippen LogP contribution in [-0.2, 0) is 11.2 Å². The summed E-state index contributed by atoms with van der Waals surface area (Å²) < 4.78 is 0.691. The highest BCUT2D eigenvalue weighted by molar-refractivity contribution is 9.10. The van der Waals surface area contributed by atoms with E-state index in [1.165, 1.54) is 0 Å². The van der Waals surface area contributed by atoms with Gasteiger partial charge in [-0.25, -0.2) is 0 Å². The molecule has 0 saturated heterocycles. The highest BCUT2D eigenvalue weighted by Crippen LogP contribution is 2.16. The van der Waals surface area contributed by atoms with E-state index in [1.54, 1.807) is 42.5 Å². The van der Waals surface area contributed by atoms with E-state index in [2.05, 4.69) is 31.9 Å². The van der Waals surface area contributed by atoms with Gasteiger partial charge in [-0.2, -0.15) is 0 Å². The van der Waals surface area contributed by atoms with Crippen molar-refractivity contribution in [2.24, 2.45) is 0 Å². The Bertz CT molecular complexity index is 1020. The third-order valence-electron chi connectivity index (χ3n) is 3.98. The molecular formula is C22H18BrN3O2S. The molecule has 3 aromatic carbocycles. The molecule has 0 radical (unpaired) electrons. The first-order chi connectivity index (χ1) is 14.0. The van der Waals surface area contributed by atoms with Crippen molar-refractivity contribution in [1.29, 1.82) is 0 Å². The number of rotatable bonds is 5. The number of hydrogen-bond acceptors (Lipinski definition) is 3. The molecule has 0 heterocycles. The Balaban J connectivity index is 1.52. The van der Waals surface area contributed by atoms with Crippen LogP contribution in [0, 0.1) is 0 Å². The lowest BCUT2D eigenvalue weighted by atomic mass is 10.1. The summed E-state index contributed by atoms with van der Waals surface area (Å²) in [6.07, 6.45) is 0.312. The molecule has 0 aliphatic heterocycles. The van der Waals surface area contributed by atoms with Crippen LogP contribution in [0.1, 0.15) is 15.9 Å². The van der Waals surface area contributed by atoms with Crippen molar-refractivity contribution in [2.45, 2.75) is 6.42 Å². The molecule has 0 saturated carbocycles. The molecule has 0 fully saturated rings. The molecule has 146 valence electrons. The van der Waals surface area contributed by atoms with Gasteiger partial charge in [-0.05, 0) is 70.1 Å². The SMILES string of the molecule is O=C(Cc1ccccc1)Nc1ccc(NC(=S)NC(=O)c2ccccc2Br)cc1. The van der Waals surface area contributed by atoms with Gasteiger partial charge < -0.3 is 10.6 Å². The minimum Gasteiger partial charge on any atom is -0.332 e. The van der Waals surface area contributed by atoms with Crippen LogP contribution in [0.15, 0.2) is 83.3 Å². The molecule has 0 spiro atoms. The fourth-order valence-electron chi connectivity index (χ4n) is 2.60. The largest absolute Gasteiger partial charge is 0.332 e. The fourth-order valence-corrected chi connectivity index (χ4v) is 3.28. The average molecular weight is 468 g/mol. The Hall–Kier alpha value is -3.03. The maximum Gasteiger partial charge on any atom is 0.258 e. The molecule has 5 nitrogen and oxygen atoms in total. The lowest BCUT2D eigenvalue weighted by Gasteiger charge is -2.11. The number of anilines is 2. The molecule has 3 rings (SSSR count). The number of benzene rings is 3. The summed E-state index contributed by atoms with van der Waals surface area (Å²) in [6.45, 7) is 0. The van der Waals surface area contributed by atoms with Crippen molar-refractivity contribution in [2.75, 3.05) is 10.6 Å². The van der Waals surface area contributed by atoms with Gasteiger partial charge in [-0.15, -0.1) is 0 Å². The van der Waals surface area contributed by atoms with Crippen molar-refractivity contribution in [3.8, 4) is 0 Å². The van der Waals surface area contributed by atoms with Gasteiger partial charge in [0, 0.05) is 15.8 Å². The predicted molar refractivity (Wildman–Crippen MR) is 123 cm³/mol. The second-order valence-corrected chi connectivity index (χ2v) is 7.44. The van der Waals surface area contributed by atoms with Crippen LogP contribution >= 0.6 is 28.1 Å². The molecule has 0 aliphatic rings. The van der Waals surface area contributed by atoms with Gasteiger partial charge in [-0.3, -0.25) is 14.9 Å². The molecule has 7 heteroatoms. The smallest absolute Gasteiger partial charge is 0.258 e. The number of nitrogens with one attached hydrogen (secondary N) is 3. The Morgan fingerprint density at radius 3 is 2.03 bits per heavy atom. The van der Waals surface area contributed by atoms with E-state index in [0.29, 0.717) is 27.8 Å². The van der Waals surface area contributed by atoms with Gasteiger partial charge in [0.25, 0.3) is 5.91 Å². The quantitative estimate of drug-likeness (QED) is 0.473. The summed E-state index contributed by atoms with van der Waals surface area (Å²) in [7, 11) is 0. The summed E-state index contributed by atoms with van der Waals surface area (Å²) in [5.41, 5.74) is 2.82. The zero-order valence-electron chi connectivity index (χ0n) is 15.3. The molecule has 29 heavy (non-hydrogen) atoms. The topological polar surface area (TPSA) is 70.2 Å². The summed E-state index contributed by atoms with van der Waals surface area (Å²) in [4.78, 5) is 24.4. The van der Waals surface area contributed by atoms with E-state index < -0.39 is 0 Å². The minimum absolute atomic E-state index is 0.0897. The number of hydrogen-bond donors (Lipinski definition) is 3. The second kappa shape index (κ2) is 9.95. The fraction of sp³-hybridized carbons (Fsp3) is 0.0455. The average Bonchev–Trinajstić information content (AvgIpc) is 2.70. The van der Waals surface area contributed by atoms with Gasteiger partial charge in [0.15, 0.2) is 5.11 Å². The molecule has 0 atom stereocenters. The van der Waals surface area contributed by atoms with Crippen LogP contribution < -0.4 is 16.0 Å². The molecule has 0 bridgehead atoms. The van der Waals surface area contributed by atoms with Gasteiger partial charge >= 0.3 is 0 Å². The molecule has 2 amide bonds. The lowest BCUT2D eigenvalue weighted by molar-refractivity contribution is -0.115. The standard InChI is InChI=1S/C22H18BrN3O2S/c23-19-9-5-4-8-18(19)21(28)26-22(29)25-17-12-10-16(11-13-17)24-20(27)14-15-6-2-1-3-7-15/h1-13H,14H2,(H,24,27)(H2,25,26,28,29). The van der Waals surface area contributed by atoms with E-state index >= 15 is 0 Å². The Morgan fingerprint density at radius 1 is 0.793 bits per heavy atom. The van der Waals surface area contributed by atoms with Crippen LogP contribution in [0.4, 0.5) is 11.4 Å². The van der Waals surface area contributed by atoms with Gasteiger partial charge in [-0.1, -0.05) is 42.5 Å². The number of thiocarbonyl (C=S) groups is 1. The molecule has 0 aliphatic carbocycles. The predicted octanol–water partition coefficient (Wildman–Crippen LogP) is 4.76. The maximum absolute atomic E-state index is 12.3. The van der Waals surface area contributed by atoms with Crippen molar-refractivity contribution < 1.29 is 9.59 Å². The lowest BCUT2D eigenvalue weighted by Crippen LogP contribution is -2.34. The van der Waals surface area contributed by atoms with Crippen molar-refractivity contribution in [3.05, 3.63) is 94.5 Å².